The zero-order valence-corrected chi connectivity index (χ0v) is 17.9. The molecule has 162 valence electrons. The molecule has 9 heteroatoms. The molecule has 9 nitrogen and oxygen atoms in total. The standard InChI is InChI=1S/C23H24N8O/c1-28-21-18(14-26-28)22(25-15-24-21)29-9-11-30(12-10-29)23(32)20-13-19(16-7-8-16)27-31(20)17-5-3-2-4-6-17/h2-6,13-16H,7-12H2,1H3. The quantitative estimate of drug-likeness (QED) is 0.496. The van der Waals surface area contributed by atoms with Crippen molar-refractivity contribution < 1.29 is 4.79 Å². The van der Waals surface area contributed by atoms with Gasteiger partial charge in [-0.05, 0) is 31.0 Å². The molecule has 4 heterocycles. The average Bonchev–Trinajstić information content (AvgIpc) is 3.49. The molecule has 1 aliphatic carbocycles. The normalized spacial score (nSPS) is 16.7. The molecule has 0 spiro atoms. The lowest BCUT2D eigenvalue weighted by Crippen LogP contribution is -2.49. The molecule has 32 heavy (non-hydrogen) atoms. The lowest BCUT2D eigenvalue weighted by molar-refractivity contribution is 0.0737. The van der Waals surface area contributed by atoms with Crippen LogP contribution in [0.4, 0.5) is 5.82 Å². The van der Waals surface area contributed by atoms with Crippen LogP contribution in [0.1, 0.15) is 34.9 Å². The second kappa shape index (κ2) is 7.44. The number of aryl methyl sites for hydroxylation is 1. The van der Waals surface area contributed by atoms with Crippen LogP contribution in [0, 0.1) is 0 Å². The first-order valence-corrected chi connectivity index (χ1v) is 11.0. The average molecular weight is 429 g/mol. The Balaban J connectivity index is 1.24. The van der Waals surface area contributed by atoms with Crippen LogP contribution in [-0.2, 0) is 7.05 Å². The number of nitrogens with zero attached hydrogens (tertiary/aromatic N) is 8. The summed E-state index contributed by atoms with van der Waals surface area (Å²) in [6.07, 6.45) is 5.69. The molecule has 1 saturated heterocycles. The molecule has 1 amide bonds. The molecule has 0 atom stereocenters. The van der Waals surface area contributed by atoms with Crippen molar-refractivity contribution in [1.29, 1.82) is 0 Å². The Hall–Kier alpha value is -3.75. The fourth-order valence-electron chi connectivity index (χ4n) is 4.38. The third kappa shape index (κ3) is 3.21. The topological polar surface area (TPSA) is 85.0 Å². The Labute approximate surface area is 185 Å². The minimum Gasteiger partial charge on any atom is -0.352 e. The van der Waals surface area contributed by atoms with E-state index in [0.29, 0.717) is 37.8 Å². The van der Waals surface area contributed by atoms with Gasteiger partial charge in [0.15, 0.2) is 5.65 Å². The lowest BCUT2D eigenvalue weighted by Gasteiger charge is -2.35. The number of fused-ring (bicyclic) bond motifs is 1. The first-order valence-electron chi connectivity index (χ1n) is 11.0. The number of piperazine rings is 1. The number of benzene rings is 1. The minimum absolute atomic E-state index is 0.0297. The maximum atomic E-state index is 13.5. The number of para-hydroxylation sites is 1. The molecule has 0 radical (unpaired) electrons. The Kier molecular flexibility index (Phi) is 4.41. The highest BCUT2D eigenvalue weighted by Gasteiger charge is 2.31. The molecular weight excluding hydrogens is 404 g/mol. The van der Waals surface area contributed by atoms with E-state index in [1.165, 1.54) is 0 Å². The van der Waals surface area contributed by atoms with E-state index >= 15 is 0 Å². The molecule has 0 unspecified atom stereocenters. The summed E-state index contributed by atoms with van der Waals surface area (Å²) in [4.78, 5) is 26.5. The lowest BCUT2D eigenvalue weighted by atomic mass is 10.2. The van der Waals surface area contributed by atoms with Gasteiger partial charge in [-0.25, -0.2) is 14.6 Å². The summed E-state index contributed by atoms with van der Waals surface area (Å²) in [7, 11) is 1.88. The van der Waals surface area contributed by atoms with E-state index < -0.39 is 0 Å². The smallest absolute Gasteiger partial charge is 0.272 e. The largest absolute Gasteiger partial charge is 0.352 e. The van der Waals surface area contributed by atoms with E-state index in [1.54, 1.807) is 17.2 Å². The molecule has 0 bridgehead atoms. The van der Waals surface area contributed by atoms with Crippen LogP contribution in [-0.4, -0.2) is 66.5 Å². The third-order valence-corrected chi connectivity index (χ3v) is 6.32. The molecular formula is C23H24N8O. The Bertz CT molecular complexity index is 1280. The van der Waals surface area contributed by atoms with Crippen LogP contribution >= 0.6 is 0 Å². The number of rotatable bonds is 4. The monoisotopic (exact) mass is 428 g/mol. The Morgan fingerprint density at radius 2 is 1.81 bits per heavy atom. The fourth-order valence-corrected chi connectivity index (χ4v) is 4.38. The van der Waals surface area contributed by atoms with Gasteiger partial charge in [-0.3, -0.25) is 9.48 Å². The summed E-state index contributed by atoms with van der Waals surface area (Å²) in [5, 5.41) is 10.0. The van der Waals surface area contributed by atoms with Crippen molar-refractivity contribution >= 4 is 22.8 Å². The van der Waals surface area contributed by atoms with Gasteiger partial charge < -0.3 is 9.80 Å². The summed E-state index contributed by atoms with van der Waals surface area (Å²) < 4.78 is 3.56. The number of hydrogen-bond acceptors (Lipinski definition) is 6. The molecule has 2 fully saturated rings. The van der Waals surface area contributed by atoms with Crippen LogP contribution in [0.5, 0.6) is 0 Å². The first-order chi connectivity index (χ1) is 15.7. The molecule has 1 aliphatic heterocycles. The van der Waals surface area contributed by atoms with Crippen LogP contribution in [0.2, 0.25) is 0 Å². The summed E-state index contributed by atoms with van der Waals surface area (Å²) >= 11 is 0. The predicted molar refractivity (Wildman–Crippen MR) is 120 cm³/mol. The van der Waals surface area contributed by atoms with Crippen molar-refractivity contribution in [2.45, 2.75) is 18.8 Å². The highest BCUT2D eigenvalue weighted by molar-refractivity contribution is 5.94. The number of carbonyl (C=O) groups excluding carboxylic acids is 1. The molecule has 3 aromatic heterocycles. The van der Waals surface area contributed by atoms with Gasteiger partial charge in [-0.2, -0.15) is 10.2 Å². The van der Waals surface area contributed by atoms with Gasteiger partial charge in [0, 0.05) is 39.1 Å². The fraction of sp³-hybridized carbons (Fsp3) is 0.348. The van der Waals surface area contributed by atoms with E-state index in [1.807, 2.05) is 53.0 Å². The SMILES string of the molecule is Cn1ncc2c(N3CCN(C(=O)c4cc(C5CC5)nn4-c4ccccc4)CC3)ncnc21. The van der Waals surface area contributed by atoms with Crippen molar-refractivity contribution in [2.24, 2.45) is 7.05 Å². The van der Waals surface area contributed by atoms with Crippen molar-refractivity contribution in [3.05, 3.63) is 60.3 Å². The Morgan fingerprint density at radius 1 is 1.03 bits per heavy atom. The predicted octanol–water partition coefficient (Wildman–Crippen LogP) is 2.39. The van der Waals surface area contributed by atoms with Gasteiger partial charge in [0.25, 0.3) is 5.91 Å². The number of hydrogen-bond donors (Lipinski definition) is 0. The van der Waals surface area contributed by atoms with Crippen LogP contribution in [0.25, 0.3) is 16.7 Å². The molecule has 0 N–H and O–H groups in total. The zero-order chi connectivity index (χ0) is 21.7. The molecule has 2 aliphatic rings. The van der Waals surface area contributed by atoms with Crippen LogP contribution in [0.3, 0.4) is 0 Å². The van der Waals surface area contributed by atoms with Gasteiger partial charge in [-0.15, -0.1) is 0 Å². The number of carbonyl (C=O) groups is 1. The van der Waals surface area contributed by atoms with Crippen LogP contribution < -0.4 is 4.90 Å². The first kappa shape index (κ1) is 19.0. The van der Waals surface area contributed by atoms with Crippen molar-refractivity contribution in [3.8, 4) is 5.69 Å². The summed E-state index contributed by atoms with van der Waals surface area (Å²) in [6, 6.07) is 11.9. The highest BCUT2D eigenvalue weighted by atomic mass is 16.2. The maximum absolute atomic E-state index is 13.5. The van der Waals surface area contributed by atoms with Crippen molar-refractivity contribution in [2.75, 3.05) is 31.1 Å². The second-order valence-corrected chi connectivity index (χ2v) is 8.46. The van der Waals surface area contributed by atoms with Gasteiger partial charge in [0.2, 0.25) is 0 Å². The maximum Gasteiger partial charge on any atom is 0.272 e. The van der Waals surface area contributed by atoms with E-state index in [4.69, 9.17) is 5.10 Å². The third-order valence-electron chi connectivity index (χ3n) is 6.32. The summed E-state index contributed by atoms with van der Waals surface area (Å²) in [5.74, 6) is 1.39. The number of amides is 1. The molecule has 4 aromatic rings. The summed E-state index contributed by atoms with van der Waals surface area (Å²) in [6.45, 7) is 2.68. The van der Waals surface area contributed by atoms with Crippen molar-refractivity contribution in [1.82, 2.24) is 34.4 Å². The van der Waals surface area contributed by atoms with Gasteiger partial charge in [0.1, 0.15) is 17.8 Å². The zero-order valence-electron chi connectivity index (χ0n) is 17.9. The van der Waals surface area contributed by atoms with Gasteiger partial charge in [-0.1, -0.05) is 18.2 Å². The van der Waals surface area contributed by atoms with E-state index in [2.05, 4.69) is 20.0 Å². The molecule has 1 saturated carbocycles. The Morgan fingerprint density at radius 3 is 2.56 bits per heavy atom. The highest BCUT2D eigenvalue weighted by Crippen LogP contribution is 2.40. The van der Waals surface area contributed by atoms with Crippen molar-refractivity contribution in [3.63, 3.8) is 0 Å². The number of anilines is 1. The molecule has 1 aromatic carbocycles. The second-order valence-electron chi connectivity index (χ2n) is 8.46. The molecule has 6 rings (SSSR count). The minimum atomic E-state index is 0.0297. The van der Waals surface area contributed by atoms with Gasteiger partial charge >= 0.3 is 0 Å². The van der Waals surface area contributed by atoms with E-state index in [0.717, 1.165) is 41.1 Å². The van der Waals surface area contributed by atoms with Crippen LogP contribution in [0.15, 0.2) is 48.9 Å². The van der Waals surface area contributed by atoms with Gasteiger partial charge in [0.05, 0.1) is 23.0 Å². The van der Waals surface area contributed by atoms with E-state index in [9.17, 15) is 4.79 Å². The summed E-state index contributed by atoms with van der Waals surface area (Å²) in [5.41, 5.74) is 3.40. The van der Waals surface area contributed by atoms with E-state index in [-0.39, 0.29) is 5.91 Å². The number of aromatic nitrogens is 6.